The topological polar surface area (TPSA) is 97.0 Å². The van der Waals surface area contributed by atoms with Gasteiger partial charge in [0.15, 0.2) is 5.69 Å². The molecule has 1 aromatic carbocycles. The molecule has 3 aromatic rings. The van der Waals surface area contributed by atoms with Crippen molar-refractivity contribution in [2.45, 2.75) is 6.92 Å². The van der Waals surface area contributed by atoms with Crippen molar-refractivity contribution in [2.24, 2.45) is 0 Å². The van der Waals surface area contributed by atoms with Crippen molar-refractivity contribution in [1.82, 2.24) is 15.0 Å². The molecular formula is C18H14Cl2N4O3. The molecule has 0 aliphatic carbocycles. The maximum Gasteiger partial charge on any atom is 0.356 e. The number of pyridine rings is 1. The lowest BCUT2D eigenvalue weighted by atomic mass is 10.1. The van der Waals surface area contributed by atoms with Crippen molar-refractivity contribution in [3.05, 3.63) is 52.3 Å². The molecule has 0 aliphatic rings. The summed E-state index contributed by atoms with van der Waals surface area (Å²) in [5.41, 5.74) is 1.63. The lowest BCUT2D eigenvalue weighted by Gasteiger charge is -2.04. The number of carbonyl (C=O) groups is 2. The number of nitrogens with zero attached hydrogens (tertiary/aromatic N) is 2. The number of aromatic nitrogens is 3. The van der Waals surface area contributed by atoms with E-state index in [1.807, 2.05) is 0 Å². The van der Waals surface area contributed by atoms with Crippen LogP contribution in [0.3, 0.4) is 0 Å². The minimum atomic E-state index is -0.592. The van der Waals surface area contributed by atoms with Gasteiger partial charge in [0, 0.05) is 29.3 Å². The Morgan fingerprint density at radius 3 is 2.63 bits per heavy atom. The number of imidazole rings is 1. The summed E-state index contributed by atoms with van der Waals surface area (Å²) in [6, 6.07) is 8.22. The molecular weight excluding hydrogens is 391 g/mol. The lowest BCUT2D eigenvalue weighted by molar-refractivity contribution is -0.114. The standard InChI is InChI=1S/C18H14Cl2N4O3/c1-9(25)22-14-7-10(5-6-21-14)17-23-15(16(24-17)18(26)27-2)12-4-3-11(19)8-13(12)20/h3-8H,1-2H3,(H,23,24)(H,21,22,25). The normalized spacial score (nSPS) is 10.5. The summed E-state index contributed by atoms with van der Waals surface area (Å²) in [5, 5.41) is 3.41. The summed E-state index contributed by atoms with van der Waals surface area (Å²) in [6.45, 7) is 1.39. The summed E-state index contributed by atoms with van der Waals surface area (Å²) in [6.07, 6.45) is 1.52. The van der Waals surface area contributed by atoms with Crippen molar-refractivity contribution in [3.8, 4) is 22.6 Å². The molecule has 138 valence electrons. The molecule has 0 unspecified atom stereocenters. The van der Waals surface area contributed by atoms with Crippen LogP contribution in [0.15, 0.2) is 36.5 Å². The number of nitrogens with one attached hydrogen (secondary N) is 2. The zero-order chi connectivity index (χ0) is 19.6. The van der Waals surface area contributed by atoms with Crippen LogP contribution < -0.4 is 5.32 Å². The van der Waals surface area contributed by atoms with Gasteiger partial charge in [-0.05, 0) is 30.3 Å². The molecule has 0 fully saturated rings. The third-order valence-electron chi connectivity index (χ3n) is 3.62. The van der Waals surface area contributed by atoms with Gasteiger partial charge in [-0.15, -0.1) is 0 Å². The summed E-state index contributed by atoms with van der Waals surface area (Å²) in [4.78, 5) is 35.0. The van der Waals surface area contributed by atoms with Gasteiger partial charge in [0.25, 0.3) is 0 Å². The molecule has 0 radical (unpaired) electrons. The Morgan fingerprint density at radius 2 is 1.96 bits per heavy atom. The number of aromatic amines is 1. The van der Waals surface area contributed by atoms with E-state index in [1.54, 1.807) is 30.3 Å². The predicted molar refractivity (Wildman–Crippen MR) is 103 cm³/mol. The van der Waals surface area contributed by atoms with E-state index in [2.05, 4.69) is 20.3 Å². The van der Waals surface area contributed by atoms with E-state index in [1.165, 1.54) is 20.2 Å². The first-order valence-corrected chi connectivity index (χ1v) is 8.52. The van der Waals surface area contributed by atoms with E-state index in [0.717, 1.165) is 0 Å². The lowest BCUT2D eigenvalue weighted by Crippen LogP contribution is -2.07. The number of rotatable bonds is 4. The molecule has 0 aliphatic heterocycles. The number of methoxy groups -OCH3 is 1. The van der Waals surface area contributed by atoms with Crippen LogP contribution in [0.2, 0.25) is 10.0 Å². The highest BCUT2D eigenvalue weighted by molar-refractivity contribution is 6.36. The summed E-state index contributed by atoms with van der Waals surface area (Å²) >= 11 is 12.2. The van der Waals surface area contributed by atoms with Gasteiger partial charge < -0.3 is 15.0 Å². The van der Waals surface area contributed by atoms with Crippen LogP contribution in [-0.2, 0) is 9.53 Å². The average molecular weight is 405 g/mol. The number of esters is 1. The van der Waals surface area contributed by atoms with Gasteiger partial charge in [0.05, 0.1) is 12.1 Å². The van der Waals surface area contributed by atoms with Crippen LogP contribution in [0, 0.1) is 0 Å². The zero-order valence-corrected chi connectivity index (χ0v) is 15.9. The molecule has 2 heterocycles. The molecule has 27 heavy (non-hydrogen) atoms. The van der Waals surface area contributed by atoms with Crippen LogP contribution in [0.5, 0.6) is 0 Å². The van der Waals surface area contributed by atoms with Crippen molar-refractivity contribution in [2.75, 3.05) is 12.4 Å². The monoisotopic (exact) mass is 404 g/mol. The quantitative estimate of drug-likeness (QED) is 0.635. The first-order chi connectivity index (χ1) is 12.9. The Kier molecular flexibility index (Phi) is 5.43. The van der Waals surface area contributed by atoms with Gasteiger partial charge >= 0.3 is 5.97 Å². The van der Waals surface area contributed by atoms with Crippen molar-refractivity contribution < 1.29 is 14.3 Å². The highest BCUT2D eigenvalue weighted by Gasteiger charge is 2.22. The fraction of sp³-hybridized carbons (Fsp3) is 0.111. The number of anilines is 1. The summed E-state index contributed by atoms with van der Waals surface area (Å²) in [7, 11) is 1.28. The van der Waals surface area contributed by atoms with Crippen LogP contribution >= 0.6 is 23.2 Å². The van der Waals surface area contributed by atoms with E-state index in [4.69, 9.17) is 27.9 Å². The largest absolute Gasteiger partial charge is 0.464 e. The third kappa shape index (κ3) is 4.10. The molecule has 0 saturated heterocycles. The Labute approximate surface area is 164 Å². The van der Waals surface area contributed by atoms with Gasteiger partial charge in [0.1, 0.15) is 17.3 Å². The fourth-order valence-corrected chi connectivity index (χ4v) is 2.96. The number of amides is 1. The zero-order valence-electron chi connectivity index (χ0n) is 14.3. The predicted octanol–water partition coefficient (Wildman–Crippen LogP) is 4.19. The molecule has 0 bridgehead atoms. The third-order valence-corrected chi connectivity index (χ3v) is 4.16. The number of hydrogen-bond acceptors (Lipinski definition) is 5. The smallest absolute Gasteiger partial charge is 0.356 e. The van der Waals surface area contributed by atoms with Crippen LogP contribution in [0.1, 0.15) is 17.4 Å². The Morgan fingerprint density at radius 1 is 1.19 bits per heavy atom. The van der Waals surface area contributed by atoms with E-state index < -0.39 is 5.97 Å². The van der Waals surface area contributed by atoms with Gasteiger partial charge in [-0.25, -0.2) is 14.8 Å². The van der Waals surface area contributed by atoms with Gasteiger partial charge in [0.2, 0.25) is 5.91 Å². The second-order valence-electron chi connectivity index (χ2n) is 5.54. The van der Waals surface area contributed by atoms with Gasteiger partial charge in [-0.1, -0.05) is 23.2 Å². The van der Waals surface area contributed by atoms with E-state index in [0.29, 0.717) is 38.5 Å². The van der Waals surface area contributed by atoms with E-state index in [9.17, 15) is 9.59 Å². The highest BCUT2D eigenvalue weighted by Crippen LogP contribution is 2.33. The van der Waals surface area contributed by atoms with Crippen LogP contribution in [0.25, 0.3) is 22.6 Å². The summed E-state index contributed by atoms with van der Waals surface area (Å²) < 4.78 is 4.84. The fourth-order valence-electron chi connectivity index (χ4n) is 2.46. The summed E-state index contributed by atoms with van der Waals surface area (Å²) in [5.74, 6) is -0.0820. The molecule has 9 heteroatoms. The Hall–Kier alpha value is -2.90. The van der Waals surface area contributed by atoms with E-state index in [-0.39, 0.29) is 11.6 Å². The minimum absolute atomic E-state index is 0.148. The molecule has 3 rings (SSSR count). The number of carbonyl (C=O) groups excluding carboxylic acids is 2. The van der Waals surface area contributed by atoms with Crippen molar-refractivity contribution in [3.63, 3.8) is 0 Å². The average Bonchev–Trinajstić information content (AvgIpc) is 3.06. The van der Waals surface area contributed by atoms with E-state index >= 15 is 0 Å². The molecule has 7 nitrogen and oxygen atoms in total. The van der Waals surface area contributed by atoms with Crippen LogP contribution in [-0.4, -0.2) is 33.9 Å². The molecule has 1 amide bonds. The molecule has 2 N–H and O–H groups in total. The van der Waals surface area contributed by atoms with Gasteiger partial charge in [-0.2, -0.15) is 0 Å². The number of benzene rings is 1. The Bertz CT molecular complexity index is 1030. The Balaban J connectivity index is 2.12. The number of ether oxygens (including phenoxy) is 1. The molecule has 0 spiro atoms. The first-order valence-electron chi connectivity index (χ1n) is 7.76. The van der Waals surface area contributed by atoms with Crippen LogP contribution in [0.4, 0.5) is 5.82 Å². The number of H-pyrrole nitrogens is 1. The number of halogens is 2. The minimum Gasteiger partial charge on any atom is -0.464 e. The molecule has 0 saturated carbocycles. The van der Waals surface area contributed by atoms with Crippen molar-refractivity contribution in [1.29, 1.82) is 0 Å². The van der Waals surface area contributed by atoms with Gasteiger partial charge in [-0.3, -0.25) is 4.79 Å². The second kappa shape index (κ2) is 7.77. The van der Waals surface area contributed by atoms with Crippen molar-refractivity contribution >= 4 is 40.9 Å². The first kappa shape index (κ1) is 18.9. The molecule has 2 aromatic heterocycles. The SMILES string of the molecule is COC(=O)c1[nH]c(-c2ccnc(NC(C)=O)c2)nc1-c1ccc(Cl)cc1Cl. The highest BCUT2D eigenvalue weighted by atomic mass is 35.5. The number of hydrogen-bond donors (Lipinski definition) is 2. The maximum absolute atomic E-state index is 12.2. The maximum atomic E-state index is 12.2. The second-order valence-corrected chi connectivity index (χ2v) is 6.38. The molecule has 0 atom stereocenters.